The van der Waals surface area contributed by atoms with Crippen molar-refractivity contribution in [2.75, 3.05) is 6.61 Å². The molecule has 0 saturated heterocycles. The van der Waals surface area contributed by atoms with Gasteiger partial charge in [0, 0.05) is 0 Å². The highest BCUT2D eigenvalue weighted by atomic mass is 19.3. The Kier molecular flexibility index (Phi) is 3.63. The van der Waals surface area contributed by atoms with E-state index >= 15 is 0 Å². The molecule has 0 spiro atoms. The second kappa shape index (κ2) is 3.99. The molecule has 0 aromatic rings. The first kappa shape index (κ1) is 9.09. The van der Waals surface area contributed by atoms with Crippen LogP contribution < -0.4 is 5.32 Å². The molecule has 0 aliphatic carbocycles. The summed E-state index contributed by atoms with van der Waals surface area (Å²) in [7, 11) is 0. The average molecular weight is 155 g/mol. The van der Waals surface area contributed by atoms with Gasteiger partial charge in [0.25, 0.3) is 6.43 Å². The van der Waals surface area contributed by atoms with Gasteiger partial charge >= 0.3 is 6.09 Å². The summed E-state index contributed by atoms with van der Waals surface area (Å²) < 4.78 is 23.1. The van der Waals surface area contributed by atoms with Crippen LogP contribution in [0.25, 0.3) is 0 Å². The Bertz CT molecular complexity index is 119. The molecule has 3 N–H and O–H groups in total. The molecule has 0 bridgehead atoms. The number of rotatable bonds is 3. The number of alkyl halides is 2. The predicted octanol–water partition coefficient (Wildman–Crippen LogP) is -0.120. The van der Waals surface area contributed by atoms with Gasteiger partial charge in [-0.05, 0) is 0 Å². The SMILES string of the molecule is O=C(O)NC(CO)C(F)F. The molecule has 1 atom stereocenters. The lowest BCUT2D eigenvalue weighted by atomic mass is 10.3. The van der Waals surface area contributed by atoms with E-state index in [2.05, 4.69) is 0 Å². The predicted molar refractivity (Wildman–Crippen MR) is 28.0 cm³/mol. The van der Waals surface area contributed by atoms with Crippen LogP contribution in [0.4, 0.5) is 13.6 Å². The topological polar surface area (TPSA) is 69.6 Å². The van der Waals surface area contributed by atoms with Gasteiger partial charge in [0.05, 0.1) is 6.61 Å². The van der Waals surface area contributed by atoms with Crippen molar-refractivity contribution in [2.45, 2.75) is 12.5 Å². The maximum Gasteiger partial charge on any atom is 0.405 e. The first-order valence-electron chi connectivity index (χ1n) is 2.46. The van der Waals surface area contributed by atoms with Gasteiger partial charge in [-0.2, -0.15) is 0 Å². The second-order valence-electron chi connectivity index (χ2n) is 1.57. The molecule has 0 rings (SSSR count). The summed E-state index contributed by atoms with van der Waals surface area (Å²) in [6.07, 6.45) is -4.44. The second-order valence-corrected chi connectivity index (χ2v) is 1.57. The number of aliphatic hydroxyl groups excluding tert-OH is 1. The van der Waals surface area contributed by atoms with E-state index in [-0.39, 0.29) is 0 Å². The highest BCUT2D eigenvalue weighted by Gasteiger charge is 2.20. The molecule has 1 unspecified atom stereocenters. The van der Waals surface area contributed by atoms with Crippen molar-refractivity contribution >= 4 is 6.09 Å². The number of amides is 1. The first-order chi connectivity index (χ1) is 4.57. The molecular formula is C4H7F2NO3. The van der Waals surface area contributed by atoms with Crippen molar-refractivity contribution in [2.24, 2.45) is 0 Å². The van der Waals surface area contributed by atoms with Crippen LogP contribution >= 0.6 is 0 Å². The smallest absolute Gasteiger partial charge is 0.405 e. The van der Waals surface area contributed by atoms with E-state index in [1.54, 1.807) is 0 Å². The standard InChI is InChI=1S/C4H7F2NO3/c5-3(6)2(1-8)7-4(9)10/h2-3,7-8H,1H2,(H,9,10). The fraction of sp³-hybridized carbons (Fsp3) is 0.750. The van der Waals surface area contributed by atoms with Crippen molar-refractivity contribution in [3.05, 3.63) is 0 Å². The third-order valence-corrected chi connectivity index (χ3v) is 0.810. The van der Waals surface area contributed by atoms with E-state index in [1.807, 2.05) is 0 Å². The molecule has 0 fully saturated rings. The quantitative estimate of drug-likeness (QED) is 0.532. The van der Waals surface area contributed by atoms with E-state index in [1.165, 1.54) is 5.32 Å². The van der Waals surface area contributed by atoms with Crippen molar-refractivity contribution in [3.63, 3.8) is 0 Å². The average Bonchev–Trinajstić information content (AvgIpc) is 1.81. The maximum atomic E-state index is 11.6. The van der Waals surface area contributed by atoms with Gasteiger partial charge in [-0.1, -0.05) is 0 Å². The van der Waals surface area contributed by atoms with Crippen molar-refractivity contribution < 1.29 is 23.8 Å². The highest BCUT2D eigenvalue weighted by molar-refractivity contribution is 5.64. The molecule has 0 aromatic heterocycles. The van der Waals surface area contributed by atoms with Crippen LogP contribution in [0.3, 0.4) is 0 Å². The number of hydrogen-bond acceptors (Lipinski definition) is 2. The van der Waals surface area contributed by atoms with Gasteiger partial charge in [-0.15, -0.1) is 0 Å². The van der Waals surface area contributed by atoms with Gasteiger partial charge in [0.2, 0.25) is 0 Å². The lowest BCUT2D eigenvalue weighted by Crippen LogP contribution is -2.41. The minimum atomic E-state index is -2.87. The third kappa shape index (κ3) is 3.18. The lowest BCUT2D eigenvalue weighted by molar-refractivity contribution is 0.0642. The summed E-state index contributed by atoms with van der Waals surface area (Å²) in [4.78, 5) is 9.72. The van der Waals surface area contributed by atoms with E-state index in [0.29, 0.717) is 0 Å². The summed E-state index contributed by atoms with van der Waals surface area (Å²) >= 11 is 0. The maximum absolute atomic E-state index is 11.6. The monoisotopic (exact) mass is 155 g/mol. The molecule has 0 radical (unpaired) electrons. The van der Waals surface area contributed by atoms with Crippen LogP contribution in [0, 0.1) is 0 Å². The molecule has 60 valence electrons. The molecule has 4 nitrogen and oxygen atoms in total. The van der Waals surface area contributed by atoms with Gasteiger partial charge < -0.3 is 15.5 Å². The Balaban J connectivity index is 3.71. The molecular weight excluding hydrogens is 148 g/mol. The van der Waals surface area contributed by atoms with E-state index < -0.39 is 25.2 Å². The van der Waals surface area contributed by atoms with Crippen LogP contribution in [0.1, 0.15) is 0 Å². The largest absolute Gasteiger partial charge is 0.465 e. The van der Waals surface area contributed by atoms with Crippen molar-refractivity contribution in [1.82, 2.24) is 5.32 Å². The zero-order chi connectivity index (χ0) is 8.15. The molecule has 0 heterocycles. The van der Waals surface area contributed by atoms with E-state index in [9.17, 15) is 13.6 Å². The van der Waals surface area contributed by atoms with Gasteiger partial charge in [0.15, 0.2) is 0 Å². The highest BCUT2D eigenvalue weighted by Crippen LogP contribution is 1.98. The molecule has 10 heavy (non-hydrogen) atoms. The van der Waals surface area contributed by atoms with Gasteiger partial charge in [-0.3, -0.25) is 0 Å². The lowest BCUT2D eigenvalue weighted by Gasteiger charge is -2.11. The fourth-order valence-electron chi connectivity index (χ4n) is 0.347. The molecule has 0 aromatic carbocycles. The van der Waals surface area contributed by atoms with Crippen molar-refractivity contribution in [1.29, 1.82) is 0 Å². The Hall–Kier alpha value is -0.910. The Morgan fingerprint density at radius 1 is 1.60 bits per heavy atom. The first-order valence-corrected chi connectivity index (χ1v) is 2.46. The summed E-state index contributed by atoms with van der Waals surface area (Å²) in [5.74, 6) is 0. The van der Waals surface area contributed by atoms with E-state index in [4.69, 9.17) is 10.2 Å². The molecule has 0 aliphatic heterocycles. The number of nitrogens with one attached hydrogen (secondary N) is 1. The summed E-state index contributed by atoms with van der Waals surface area (Å²) in [6, 6.07) is -1.68. The molecule has 0 aliphatic rings. The minimum absolute atomic E-state index is 0.899. The Labute approximate surface area is 55.5 Å². The van der Waals surface area contributed by atoms with Crippen molar-refractivity contribution in [3.8, 4) is 0 Å². The Morgan fingerprint density at radius 3 is 2.20 bits per heavy atom. The van der Waals surface area contributed by atoms with Crippen LogP contribution in [0.15, 0.2) is 0 Å². The zero-order valence-electron chi connectivity index (χ0n) is 4.92. The Morgan fingerprint density at radius 2 is 2.10 bits per heavy atom. The number of hydrogen-bond donors (Lipinski definition) is 3. The molecule has 6 heteroatoms. The van der Waals surface area contributed by atoms with Crippen LogP contribution in [-0.4, -0.2) is 35.4 Å². The summed E-state index contributed by atoms with van der Waals surface area (Å²) in [5.41, 5.74) is 0. The van der Waals surface area contributed by atoms with Gasteiger partial charge in [0.1, 0.15) is 6.04 Å². The number of carboxylic acid groups (broad SMARTS) is 1. The molecule has 0 saturated carbocycles. The van der Waals surface area contributed by atoms with E-state index in [0.717, 1.165) is 0 Å². The van der Waals surface area contributed by atoms with Crippen LogP contribution in [-0.2, 0) is 0 Å². The van der Waals surface area contributed by atoms with Crippen LogP contribution in [0.2, 0.25) is 0 Å². The van der Waals surface area contributed by atoms with Gasteiger partial charge in [-0.25, -0.2) is 13.6 Å². The number of halogens is 2. The van der Waals surface area contributed by atoms with Crippen LogP contribution in [0.5, 0.6) is 0 Å². The third-order valence-electron chi connectivity index (χ3n) is 0.810. The summed E-state index contributed by atoms with van der Waals surface area (Å²) in [6.45, 7) is -0.899. The molecule has 1 amide bonds. The fourth-order valence-corrected chi connectivity index (χ4v) is 0.347. The number of carbonyl (C=O) groups is 1. The zero-order valence-corrected chi connectivity index (χ0v) is 4.92. The number of aliphatic hydroxyl groups is 1. The summed E-state index contributed by atoms with van der Waals surface area (Å²) in [5, 5.41) is 17.5. The minimum Gasteiger partial charge on any atom is -0.465 e. The normalized spacial score (nSPS) is 13.2.